The maximum atomic E-state index is 13.5. The van der Waals surface area contributed by atoms with Crippen LogP contribution in [0.5, 0.6) is 0 Å². The zero-order valence-corrected chi connectivity index (χ0v) is 21.6. The van der Waals surface area contributed by atoms with Crippen LogP contribution in [0.25, 0.3) is 0 Å². The number of carbonyl (C=O) groups excluding carboxylic acids is 2. The van der Waals surface area contributed by atoms with E-state index in [2.05, 4.69) is 16.0 Å². The quantitative estimate of drug-likeness (QED) is 0.691. The van der Waals surface area contributed by atoms with Gasteiger partial charge in [0, 0.05) is 69.9 Å². The van der Waals surface area contributed by atoms with Crippen LogP contribution in [0.15, 0.2) is 42.7 Å². The Morgan fingerprint density at radius 1 is 1.03 bits per heavy atom. The molecule has 4 rings (SSSR count). The third-order valence-electron chi connectivity index (χ3n) is 7.44. The van der Waals surface area contributed by atoms with Gasteiger partial charge in [0.05, 0.1) is 0 Å². The molecular weight excluding hydrogens is 452 g/mol. The molecule has 1 fully saturated rings. The SMILES string of the molecule is CC(=O)N1CCCCCCCN(Cc2cccnc2)Cc2cc(C(=O)N3CCCC(CO)C3)ccc21. The fraction of sp³-hybridized carbons (Fsp3) is 0.552. The van der Waals surface area contributed by atoms with Gasteiger partial charge in [-0.05, 0) is 73.5 Å². The number of aliphatic hydroxyl groups is 1. The molecule has 2 amide bonds. The summed E-state index contributed by atoms with van der Waals surface area (Å²) < 4.78 is 0. The van der Waals surface area contributed by atoms with E-state index < -0.39 is 0 Å². The van der Waals surface area contributed by atoms with E-state index in [-0.39, 0.29) is 24.3 Å². The number of piperidine rings is 1. The first kappa shape index (κ1) is 26.3. The third kappa shape index (κ3) is 6.92. The number of anilines is 1. The van der Waals surface area contributed by atoms with E-state index in [1.54, 1.807) is 13.1 Å². The standard InChI is InChI=1S/C29H40N4O3/c1-23(35)33-16-6-4-2-3-5-14-31(19-24-9-7-13-30-18-24)21-27-17-26(11-12-28(27)33)29(36)32-15-8-10-25(20-32)22-34/h7,9,11-13,17-18,25,34H,2-6,8,10,14-16,19-22H2,1H3. The van der Waals surface area contributed by atoms with E-state index in [9.17, 15) is 14.7 Å². The maximum Gasteiger partial charge on any atom is 0.253 e. The van der Waals surface area contributed by atoms with Crippen LogP contribution in [-0.2, 0) is 17.9 Å². The van der Waals surface area contributed by atoms with Crippen molar-refractivity contribution < 1.29 is 14.7 Å². The largest absolute Gasteiger partial charge is 0.396 e. The van der Waals surface area contributed by atoms with Gasteiger partial charge in [-0.25, -0.2) is 0 Å². The summed E-state index contributed by atoms with van der Waals surface area (Å²) in [6.07, 6.45) is 11.1. The summed E-state index contributed by atoms with van der Waals surface area (Å²) in [5.74, 6) is 0.193. The van der Waals surface area contributed by atoms with E-state index in [4.69, 9.17) is 0 Å². The molecule has 1 aromatic carbocycles. The number of carbonyl (C=O) groups is 2. The van der Waals surface area contributed by atoms with Crippen molar-refractivity contribution in [1.29, 1.82) is 0 Å². The summed E-state index contributed by atoms with van der Waals surface area (Å²) in [7, 11) is 0. The molecule has 7 heteroatoms. The Balaban J connectivity index is 1.66. The van der Waals surface area contributed by atoms with E-state index >= 15 is 0 Å². The molecule has 1 N–H and O–H groups in total. The molecule has 1 atom stereocenters. The number of hydrogen-bond acceptors (Lipinski definition) is 5. The number of aromatic nitrogens is 1. The number of rotatable bonds is 4. The normalized spacial score (nSPS) is 20.2. The van der Waals surface area contributed by atoms with Crippen LogP contribution in [0.1, 0.15) is 73.4 Å². The Bertz CT molecular complexity index is 1010. The van der Waals surface area contributed by atoms with Gasteiger partial charge in [-0.2, -0.15) is 0 Å². The number of pyridine rings is 1. The molecule has 0 bridgehead atoms. The molecule has 2 aliphatic rings. The van der Waals surface area contributed by atoms with Crippen molar-refractivity contribution in [1.82, 2.24) is 14.8 Å². The number of nitrogens with zero attached hydrogens (tertiary/aromatic N) is 4. The van der Waals surface area contributed by atoms with Gasteiger partial charge in [-0.1, -0.05) is 25.3 Å². The monoisotopic (exact) mass is 492 g/mol. The lowest BCUT2D eigenvalue weighted by atomic mass is 9.97. The van der Waals surface area contributed by atoms with E-state index in [1.165, 1.54) is 12.8 Å². The summed E-state index contributed by atoms with van der Waals surface area (Å²) >= 11 is 0. The molecule has 0 radical (unpaired) electrons. The first-order valence-corrected chi connectivity index (χ1v) is 13.5. The smallest absolute Gasteiger partial charge is 0.253 e. The zero-order chi connectivity index (χ0) is 25.3. The number of aliphatic hydroxyl groups excluding tert-OH is 1. The minimum atomic E-state index is 0.00949. The minimum absolute atomic E-state index is 0.00949. The Morgan fingerprint density at radius 2 is 1.83 bits per heavy atom. The van der Waals surface area contributed by atoms with Crippen molar-refractivity contribution in [3.05, 3.63) is 59.4 Å². The van der Waals surface area contributed by atoms with Gasteiger partial charge in [-0.15, -0.1) is 0 Å². The van der Waals surface area contributed by atoms with Gasteiger partial charge in [0.15, 0.2) is 0 Å². The molecule has 0 saturated carbocycles. The van der Waals surface area contributed by atoms with Crippen LogP contribution in [0.4, 0.5) is 5.69 Å². The van der Waals surface area contributed by atoms with Gasteiger partial charge < -0.3 is 14.9 Å². The number of benzene rings is 1. The number of amides is 2. The van der Waals surface area contributed by atoms with Crippen molar-refractivity contribution in [3.8, 4) is 0 Å². The second-order valence-electron chi connectivity index (χ2n) is 10.3. The Labute approximate surface area is 215 Å². The van der Waals surface area contributed by atoms with Gasteiger partial charge in [0.1, 0.15) is 0 Å². The van der Waals surface area contributed by atoms with Gasteiger partial charge in [0.2, 0.25) is 5.91 Å². The molecule has 1 saturated heterocycles. The summed E-state index contributed by atoms with van der Waals surface area (Å²) in [4.78, 5) is 36.6. The lowest BCUT2D eigenvalue weighted by molar-refractivity contribution is -0.116. The van der Waals surface area contributed by atoms with Crippen molar-refractivity contribution >= 4 is 17.5 Å². The summed E-state index contributed by atoms with van der Waals surface area (Å²) in [6.45, 7) is 6.15. The molecule has 0 aliphatic carbocycles. The van der Waals surface area contributed by atoms with Gasteiger partial charge >= 0.3 is 0 Å². The Hall–Kier alpha value is -2.77. The predicted molar refractivity (Wildman–Crippen MR) is 142 cm³/mol. The summed E-state index contributed by atoms with van der Waals surface area (Å²) in [5.41, 5.74) is 3.73. The highest BCUT2D eigenvalue weighted by atomic mass is 16.3. The van der Waals surface area contributed by atoms with Crippen LogP contribution in [0, 0.1) is 5.92 Å². The van der Waals surface area contributed by atoms with E-state index in [1.807, 2.05) is 40.3 Å². The van der Waals surface area contributed by atoms with Crippen LogP contribution >= 0.6 is 0 Å². The van der Waals surface area contributed by atoms with Crippen molar-refractivity contribution in [2.75, 3.05) is 37.7 Å². The topological polar surface area (TPSA) is 77.0 Å². The molecule has 1 aromatic heterocycles. The second-order valence-corrected chi connectivity index (χ2v) is 10.3. The summed E-state index contributed by atoms with van der Waals surface area (Å²) in [5, 5.41) is 9.62. The van der Waals surface area contributed by atoms with Crippen LogP contribution in [-0.4, -0.2) is 64.5 Å². The molecule has 1 unspecified atom stereocenters. The number of fused-ring (bicyclic) bond motifs is 1. The van der Waals surface area contributed by atoms with E-state index in [0.29, 0.717) is 25.2 Å². The first-order valence-electron chi connectivity index (χ1n) is 13.5. The molecule has 3 heterocycles. The minimum Gasteiger partial charge on any atom is -0.396 e. The average molecular weight is 493 g/mol. The highest BCUT2D eigenvalue weighted by Gasteiger charge is 2.26. The maximum absolute atomic E-state index is 13.5. The fourth-order valence-corrected chi connectivity index (χ4v) is 5.48. The summed E-state index contributed by atoms with van der Waals surface area (Å²) in [6, 6.07) is 9.90. The first-order chi connectivity index (χ1) is 17.5. The lowest BCUT2D eigenvalue weighted by Crippen LogP contribution is -2.41. The Morgan fingerprint density at radius 3 is 2.58 bits per heavy atom. The Kier molecular flexibility index (Phi) is 9.47. The van der Waals surface area contributed by atoms with Crippen LogP contribution in [0.3, 0.4) is 0 Å². The van der Waals surface area contributed by atoms with Crippen LogP contribution < -0.4 is 4.90 Å². The second kappa shape index (κ2) is 13.0. The molecule has 194 valence electrons. The molecular formula is C29H40N4O3. The number of hydrogen-bond donors (Lipinski definition) is 1. The fourth-order valence-electron chi connectivity index (χ4n) is 5.48. The molecule has 36 heavy (non-hydrogen) atoms. The predicted octanol–water partition coefficient (Wildman–Crippen LogP) is 4.25. The average Bonchev–Trinajstić information content (AvgIpc) is 2.89. The molecule has 2 aromatic rings. The van der Waals surface area contributed by atoms with Crippen molar-refractivity contribution in [2.45, 2.75) is 65.0 Å². The molecule has 7 nitrogen and oxygen atoms in total. The van der Waals surface area contributed by atoms with Crippen LogP contribution in [0.2, 0.25) is 0 Å². The highest BCUT2D eigenvalue weighted by molar-refractivity contribution is 5.97. The van der Waals surface area contributed by atoms with E-state index in [0.717, 1.165) is 68.6 Å². The third-order valence-corrected chi connectivity index (χ3v) is 7.44. The molecule has 0 spiro atoms. The van der Waals surface area contributed by atoms with Crippen molar-refractivity contribution in [2.24, 2.45) is 5.92 Å². The van der Waals surface area contributed by atoms with Gasteiger partial charge in [-0.3, -0.25) is 19.5 Å². The van der Waals surface area contributed by atoms with Crippen molar-refractivity contribution in [3.63, 3.8) is 0 Å². The highest BCUT2D eigenvalue weighted by Crippen LogP contribution is 2.28. The molecule has 2 aliphatic heterocycles. The van der Waals surface area contributed by atoms with Gasteiger partial charge in [0.25, 0.3) is 5.91 Å². The zero-order valence-electron chi connectivity index (χ0n) is 21.6. The lowest BCUT2D eigenvalue weighted by Gasteiger charge is -2.33. The number of likely N-dealkylation sites (tertiary alicyclic amines) is 1.